The van der Waals surface area contributed by atoms with E-state index in [4.69, 9.17) is 14.6 Å². The largest absolute Gasteiger partial charge is 1.00 e. The molecular formula is C25H20FN2NaO4S. The van der Waals surface area contributed by atoms with Crippen LogP contribution in [-0.4, -0.2) is 29.3 Å². The van der Waals surface area contributed by atoms with Crippen LogP contribution in [0.25, 0.3) is 17.2 Å². The molecule has 0 aromatic heterocycles. The zero-order valence-corrected chi connectivity index (χ0v) is 21.7. The summed E-state index contributed by atoms with van der Waals surface area (Å²) in [7, 11) is 1.44. The van der Waals surface area contributed by atoms with Gasteiger partial charge in [-0.3, -0.25) is 14.6 Å². The van der Waals surface area contributed by atoms with E-state index in [0.29, 0.717) is 10.1 Å². The molecule has 0 aliphatic carbocycles. The standard InChI is InChI=1S/C23H16FN2O2S.C2H4O2.Na/c1-28-20-12-11-17(14-19(20)24)16-9-7-15(8-10-16)13-21-22(27)26-23(29-21)25-18-5-3-2-4-6-18;1-2(3)4;/h3-14H,1H3,(H,25,26,27);1H3,(H,3,4);/q-1;;+1. The second kappa shape index (κ2) is 13.1. The third-order valence-electron chi connectivity index (χ3n) is 4.28. The van der Waals surface area contributed by atoms with Crippen molar-refractivity contribution in [1.82, 2.24) is 5.32 Å². The van der Waals surface area contributed by atoms with Gasteiger partial charge in [-0.05, 0) is 52.3 Å². The Morgan fingerprint density at radius 3 is 2.32 bits per heavy atom. The van der Waals surface area contributed by atoms with Crippen molar-refractivity contribution in [1.29, 1.82) is 0 Å². The van der Waals surface area contributed by atoms with Crippen molar-refractivity contribution in [2.24, 2.45) is 4.99 Å². The number of amidine groups is 1. The van der Waals surface area contributed by atoms with Crippen molar-refractivity contribution in [2.75, 3.05) is 7.11 Å². The summed E-state index contributed by atoms with van der Waals surface area (Å²) in [6.07, 6.45) is 1.81. The number of amides is 1. The average Bonchev–Trinajstić information content (AvgIpc) is 3.13. The monoisotopic (exact) mass is 486 g/mol. The fraction of sp³-hybridized carbons (Fsp3) is 0.0800. The number of nitrogens with one attached hydrogen (secondary N) is 1. The third kappa shape index (κ3) is 7.85. The Balaban J connectivity index is 0.000000758. The maximum absolute atomic E-state index is 13.9. The summed E-state index contributed by atoms with van der Waals surface area (Å²) in [5, 5.41) is 10.7. The first kappa shape index (κ1) is 27.3. The van der Waals surface area contributed by atoms with E-state index < -0.39 is 11.8 Å². The number of carboxylic acid groups (broad SMARTS) is 1. The van der Waals surface area contributed by atoms with E-state index in [0.717, 1.165) is 29.3 Å². The summed E-state index contributed by atoms with van der Waals surface area (Å²) >= 11 is 1.29. The first-order valence-corrected chi connectivity index (χ1v) is 10.6. The molecule has 0 spiro atoms. The first-order chi connectivity index (χ1) is 15.9. The van der Waals surface area contributed by atoms with E-state index in [1.165, 1.54) is 24.9 Å². The molecule has 0 unspecified atom stereocenters. The third-order valence-corrected chi connectivity index (χ3v) is 5.19. The van der Waals surface area contributed by atoms with Crippen LogP contribution in [-0.2, 0) is 9.59 Å². The maximum Gasteiger partial charge on any atom is 1.00 e. The van der Waals surface area contributed by atoms with Gasteiger partial charge in [0.1, 0.15) is 0 Å². The second-order valence-corrected chi connectivity index (χ2v) is 7.76. The van der Waals surface area contributed by atoms with Gasteiger partial charge in [0.2, 0.25) is 0 Å². The number of nitrogens with zero attached hydrogens (tertiary/aromatic N) is 1. The van der Waals surface area contributed by atoms with E-state index in [2.05, 4.69) is 16.4 Å². The number of hydrogen-bond acceptors (Lipinski definition) is 5. The number of thioether (sulfide) groups is 1. The number of halogens is 1. The molecule has 0 bridgehead atoms. The minimum absolute atomic E-state index is 0. The zero-order chi connectivity index (χ0) is 23.8. The number of aliphatic carboxylic acids is 1. The van der Waals surface area contributed by atoms with Gasteiger partial charge in [-0.25, -0.2) is 4.39 Å². The van der Waals surface area contributed by atoms with Crippen LogP contribution in [0.4, 0.5) is 10.1 Å². The molecule has 0 atom stereocenters. The summed E-state index contributed by atoms with van der Waals surface area (Å²) in [5.74, 6) is -1.21. The molecule has 6 nitrogen and oxygen atoms in total. The van der Waals surface area contributed by atoms with Gasteiger partial charge < -0.3 is 15.2 Å². The van der Waals surface area contributed by atoms with Gasteiger partial charge >= 0.3 is 29.6 Å². The number of benzene rings is 3. The molecule has 1 amide bonds. The predicted octanol–water partition coefficient (Wildman–Crippen LogP) is 2.29. The minimum Gasteiger partial charge on any atom is -0.494 e. The Bertz CT molecular complexity index is 1210. The molecule has 1 aliphatic heterocycles. The van der Waals surface area contributed by atoms with Crippen LogP contribution in [0.3, 0.4) is 0 Å². The van der Waals surface area contributed by atoms with E-state index >= 15 is 0 Å². The molecule has 1 fully saturated rings. The molecular weight excluding hydrogens is 466 g/mol. The number of carbonyl (C=O) groups excluding carboxylic acids is 1. The van der Waals surface area contributed by atoms with E-state index in [9.17, 15) is 9.18 Å². The summed E-state index contributed by atoms with van der Waals surface area (Å²) in [5.41, 5.74) is 3.25. The zero-order valence-electron chi connectivity index (χ0n) is 18.8. The summed E-state index contributed by atoms with van der Waals surface area (Å²) in [6.45, 7) is 1.08. The van der Waals surface area contributed by atoms with Gasteiger partial charge in [0, 0.05) is 6.92 Å². The Labute approximate surface area is 223 Å². The first-order valence-electron chi connectivity index (χ1n) is 9.75. The molecule has 3 aromatic rings. The molecule has 3 aromatic carbocycles. The van der Waals surface area contributed by atoms with Gasteiger partial charge in [0.15, 0.2) is 16.7 Å². The average molecular weight is 487 g/mol. The molecule has 168 valence electrons. The van der Waals surface area contributed by atoms with Crippen molar-refractivity contribution in [3.63, 3.8) is 0 Å². The van der Waals surface area contributed by atoms with Crippen LogP contribution >= 0.6 is 11.8 Å². The molecule has 0 radical (unpaired) electrons. The number of rotatable bonds is 4. The van der Waals surface area contributed by atoms with Crippen LogP contribution < -0.4 is 39.6 Å². The molecule has 1 saturated heterocycles. The van der Waals surface area contributed by atoms with E-state index in [-0.39, 0.29) is 41.2 Å². The molecule has 4 rings (SSSR count). The smallest absolute Gasteiger partial charge is 0.494 e. The van der Waals surface area contributed by atoms with Crippen LogP contribution in [0.1, 0.15) is 12.5 Å². The van der Waals surface area contributed by atoms with Crippen molar-refractivity contribution in [2.45, 2.75) is 6.92 Å². The van der Waals surface area contributed by atoms with Gasteiger partial charge in [-0.15, -0.1) is 12.1 Å². The number of methoxy groups -OCH3 is 1. The minimum atomic E-state index is -0.833. The van der Waals surface area contributed by atoms with Crippen LogP contribution in [0, 0.1) is 11.9 Å². The van der Waals surface area contributed by atoms with E-state index in [1.54, 1.807) is 30.3 Å². The second-order valence-electron chi connectivity index (χ2n) is 6.73. The molecule has 2 N–H and O–H groups in total. The molecule has 34 heavy (non-hydrogen) atoms. The molecule has 9 heteroatoms. The Kier molecular flexibility index (Phi) is 10.5. The van der Waals surface area contributed by atoms with Gasteiger partial charge in [-0.1, -0.05) is 30.3 Å². The van der Waals surface area contributed by atoms with Crippen LogP contribution in [0.2, 0.25) is 0 Å². The Hall–Kier alpha value is -2.91. The fourth-order valence-corrected chi connectivity index (χ4v) is 3.66. The number of ether oxygens (including phenoxy) is 1. The van der Waals surface area contributed by atoms with Crippen molar-refractivity contribution in [3.8, 4) is 16.9 Å². The van der Waals surface area contributed by atoms with Gasteiger partial charge in [0.05, 0.1) is 12.0 Å². The number of hydrogen-bond donors (Lipinski definition) is 2. The number of aliphatic imine (C=N–C) groups is 1. The predicted molar refractivity (Wildman–Crippen MR) is 128 cm³/mol. The Morgan fingerprint density at radius 1 is 1.12 bits per heavy atom. The van der Waals surface area contributed by atoms with Crippen molar-refractivity contribution >= 4 is 40.6 Å². The Morgan fingerprint density at radius 2 is 1.74 bits per heavy atom. The van der Waals surface area contributed by atoms with Crippen LogP contribution in [0.5, 0.6) is 5.75 Å². The van der Waals surface area contributed by atoms with Gasteiger partial charge in [-0.2, -0.15) is 18.2 Å². The molecule has 1 aliphatic rings. The maximum atomic E-state index is 13.9. The quantitative estimate of drug-likeness (QED) is 0.336. The van der Waals surface area contributed by atoms with E-state index in [1.807, 2.05) is 36.4 Å². The SMILES string of the molecule is CC(=O)O.COc1ccc(-c2ccc(C=C3SC(=Nc4cc[c-]cc4)NC3=O)cc2)cc1F.[Na+]. The fourth-order valence-electron chi connectivity index (χ4n) is 2.82. The summed E-state index contributed by atoms with van der Waals surface area (Å²) in [4.78, 5) is 26.2. The van der Waals surface area contributed by atoms with Crippen LogP contribution in [0.15, 0.2) is 76.6 Å². The molecule has 1 heterocycles. The van der Waals surface area contributed by atoms with Crippen molar-refractivity contribution in [3.05, 3.63) is 89.1 Å². The normalized spacial score (nSPS) is 14.6. The van der Waals surface area contributed by atoms with Crippen molar-refractivity contribution < 1.29 is 53.4 Å². The molecule has 0 saturated carbocycles. The topological polar surface area (TPSA) is 88.0 Å². The number of carboxylic acids is 1. The number of carbonyl (C=O) groups is 2. The summed E-state index contributed by atoms with van der Waals surface area (Å²) in [6, 6.07) is 22.5. The summed E-state index contributed by atoms with van der Waals surface area (Å²) < 4.78 is 18.9. The van der Waals surface area contributed by atoms with Gasteiger partial charge in [0.25, 0.3) is 11.9 Å².